The maximum absolute atomic E-state index is 12.3. The third-order valence-electron chi connectivity index (χ3n) is 3.91. The smallest absolute Gasteiger partial charge is 0.246 e. The summed E-state index contributed by atoms with van der Waals surface area (Å²) in [6, 6.07) is 13.1. The van der Waals surface area contributed by atoms with E-state index in [4.69, 9.17) is 13.9 Å². The van der Waals surface area contributed by atoms with Crippen LogP contribution in [0.2, 0.25) is 0 Å². The lowest BCUT2D eigenvalue weighted by Gasteiger charge is -2.15. The Hall–Kier alpha value is -3.28. The van der Waals surface area contributed by atoms with Crippen LogP contribution < -0.4 is 9.47 Å². The summed E-state index contributed by atoms with van der Waals surface area (Å²) in [5.74, 6) is 1.71. The zero-order chi connectivity index (χ0) is 17.2. The van der Waals surface area contributed by atoms with Gasteiger partial charge >= 0.3 is 0 Å². The fraction of sp³-hybridized carbons (Fsp3) is 0.158. The lowest BCUT2D eigenvalue weighted by molar-refractivity contribution is -0.125. The summed E-state index contributed by atoms with van der Waals surface area (Å²) in [7, 11) is 1.74. The predicted octanol–water partition coefficient (Wildman–Crippen LogP) is 3.23. The first-order valence-electron chi connectivity index (χ1n) is 7.86. The number of amides is 1. The Bertz CT molecular complexity index is 928. The number of nitrogens with zero attached hydrogens (tertiary/aromatic N) is 2. The van der Waals surface area contributed by atoms with Crippen LogP contribution in [0.25, 0.3) is 17.2 Å². The van der Waals surface area contributed by atoms with Gasteiger partial charge in [-0.1, -0.05) is 18.2 Å². The highest BCUT2D eigenvalue weighted by Gasteiger charge is 2.14. The van der Waals surface area contributed by atoms with Gasteiger partial charge in [0.05, 0.1) is 0 Å². The van der Waals surface area contributed by atoms with Crippen molar-refractivity contribution in [1.29, 1.82) is 0 Å². The number of ether oxygens (including phenoxy) is 2. The summed E-state index contributed by atoms with van der Waals surface area (Å²) >= 11 is 0. The molecule has 1 aliphatic rings. The molecule has 1 amide bonds. The first-order chi connectivity index (χ1) is 12.2. The molecule has 0 aliphatic carbocycles. The molecule has 0 radical (unpaired) electrons. The average Bonchev–Trinajstić information content (AvgIpc) is 3.25. The minimum atomic E-state index is -0.139. The molecule has 0 saturated heterocycles. The molecule has 3 aromatic rings. The van der Waals surface area contributed by atoms with Crippen molar-refractivity contribution in [2.75, 3.05) is 13.8 Å². The SMILES string of the molecule is CN(Cc1ccc2c(c1)OCO2)C(=O)/C=C/c1nc2ccccc2o1. The topological polar surface area (TPSA) is 64.8 Å². The van der Waals surface area contributed by atoms with Crippen LogP contribution >= 0.6 is 0 Å². The standard InChI is InChI=1S/C19H16N2O4/c1-21(11-13-6-7-16-17(10-13)24-12-23-16)19(22)9-8-18-20-14-4-2-3-5-15(14)25-18/h2-10H,11-12H2,1H3/b9-8+. The number of likely N-dealkylation sites (N-methyl/N-ethyl adjacent to an activating group) is 1. The molecule has 0 unspecified atom stereocenters. The maximum Gasteiger partial charge on any atom is 0.246 e. The highest BCUT2D eigenvalue weighted by atomic mass is 16.7. The second kappa shape index (κ2) is 6.32. The largest absolute Gasteiger partial charge is 0.454 e. The number of oxazole rings is 1. The molecule has 0 bridgehead atoms. The van der Waals surface area contributed by atoms with E-state index >= 15 is 0 Å². The van der Waals surface area contributed by atoms with Crippen LogP contribution in [0.4, 0.5) is 0 Å². The van der Waals surface area contributed by atoms with Gasteiger partial charge in [0.25, 0.3) is 0 Å². The van der Waals surface area contributed by atoms with Gasteiger partial charge in [0.15, 0.2) is 17.1 Å². The summed E-state index contributed by atoms with van der Waals surface area (Å²) in [5, 5.41) is 0. The van der Waals surface area contributed by atoms with Gasteiger partial charge in [-0.05, 0) is 29.8 Å². The van der Waals surface area contributed by atoms with E-state index in [1.807, 2.05) is 42.5 Å². The second-order valence-electron chi connectivity index (χ2n) is 5.74. The Kier molecular flexibility index (Phi) is 3.85. The predicted molar refractivity (Wildman–Crippen MR) is 92.1 cm³/mol. The second-order valence-corrected chi connectivity index (χ2v) is 5.74. The van der Waals surface area contributed by atoms with E-state index in [9.17, 15) is 4.79 Å². The minimum Gasteiger partial charge on any atom is -0.454 e. The fourth-order valence-electron chi connectivity index (χ4n) is 2.62. The molecule has 2 aromatic carbocycles. The van der Waals surface area contributed by atoms with Crippen LogP contribution in [0.3, 0.4) is 0 Å². The summed E-state index contributed by atoms with van der Waals surface area (Å²) < 4.78 is 16.2. The Morgan fingerprint density at radius 1 is 1.20 bits per heavy atom. The van der Waals surface area contributed by atoms with Gasteiger partial charge in [-0.25, -0.2) is 4.98 Å². The molecule has 4 rings (SSSR count). The quantitative estimate of drug-likeness (QED) is 0.685. The molecular formula is C19H16N2O4. The minimum absolute atomic E-state index is 0.139. The first kappa shape index (κ1) is 15.3. The maximum atomic E-state index is 12.3. The normalized spacial score (nSPS) is 12.8. The van der Waals surface area contributed by atoms with Crippen LogP contribution in [0.1, 0.15) is 11.5 Å². The zero-order valence-corrected chi connectivity index (χ0v) is 13.6. The van der Waals surface area contributed by atoms with Gasteiger partial charge in [-0.3, -0.25) is 4.79 Å². The Balaban J connectivity index is 1.43. The number of rotatable bonds is 4. The van der Waals surface area contributed by atoms with Crippen molar-refractivity contribution in [3.8, 4) is 11.5 Å². The van der Waals surface area contributed by atoms with Gasteiger partial charge in [0, 0.05) is 25.7 Å². The van der Waals surface area contributed by atoms with E-state index in [2.05, 4.69) is 4.98 Å². The van der Waals surface area contributed by atoms with Crippen molar-refractivity contribution in [2.24, 2.45) is 0 Å². The van der Waals surface area contributed by atoms with E-state index in [0.29, 0.717) is 23.8 Å². The first-order valence-corrected chi connectivity index (χ1v) is 7.86. The zero-order valence-electron chi connectivity index (χ0n) is 13.6. The number of hydrogen-bond donors (Lipinski definition) is 0. The van der Waals surface area contributed by atoms with Gasteiger partial charge in [0.2, 0.25) is 18.6 Å². The molecule has 0 N–H and O–H groups in total. The molecule has 0 atom stereocenters. The van der Waals surface area contributed by atoms with E-state index in [1.54, 1.807) is 18.0 Å². The molecule has 0 saturated carbocycles. The number of benzene rings is 2. The van der Waals surface area contributed by atoms with Crippen LogP contribution in [0.5, 0.6) is 11.5 Å². The number of aromatic nitrogens is 1. The molecule has 6 heteroatoms. The van der Waals surface area contributed by atoms with Crippen molar-refractivity contribution >= 4 is 23.1 Å². The van der Waals surface area contributed by atoms with Crippen molar-refractivity contribution in [1.82, 2.24) is 9.88 Å². The van der Waals surface area contributed by atoms with Crippen LogP contribution in [-0.2, 0) is 11.3 Å². The fourth-order valence-corrected chi connectivity index (χ4v) is 2.62. The van der Waals surface area contributed by atoms with Crippen molar-refractivity contribution in [3.63, 3.8) is 0 Å². The van der Waals surface area contributed by atoms with Gasteiger partial charge in [-0.2, -0.15) is 0 Å². The lowest BCUT2D eigenvalue weighted by Crippen LogP contribution is -2.24. The lowest BCUT2D eigenvalue weighted by atomic mass is 10.2. The van der Waals surface area contributed by atoms with Gasteiger partial charge in [0.1, 0.15) is 5.52 Å². The third kappa shape index (κ3) is 3.19. The molecule has 2 heterocycles. The Labute approximate surface area is 144 Å². The number of carbonyl (C=O) groups excluding carboxylic acids is 1. The Morgan fingerprint density at radius 2 is 2.04 bits per heavy atom. The molecule has 0 spiro atoms. The molecule has 25 heavy (non-hydrogen) atoms. The summed E-state index contributed by atoms with van der Waals surface area (Å²) in [6.45, 7) is 0.703. The highest BCUT2D eigenvalue weighted by Crippen LogP contribution is 2.32. The molecular weight excluding hydrogens is 320 g/mol. The molecule has 6 nitrogen and oxygen atoms in total. The van der Waals surface area contributed by atoms with E-state index in [0.717, 1.165) is 16.8 Å². The van der Waals surface area contributed by atoms with Crippen LogP contribution in [0, 0.1) is 0 Å². The van der Waals surface area contributed by atoms with Crippen LogP contribution in [-0.4, -0.2) is 29.6 Å². The molecule has 0 fully saturated rings. The number of fused-ring (bicyclic) bond motifs is 2. The monoisotopic (exact) mass is 336 g/mol. The van der Waals surface area contributed by atoms with E-state index < -0.39 is 0 Å². The van der Waals surface area contributed by atoms with E-state index in [-0.39, 0.29) is 12.7 Å². The molecule has 1 aromatic heterocycles. The van der Waals surface area contributed by atoms with E-state index in [1.165, 1.54) is 6.08 Å². The molecule has 126 valence electrons. The number of hydrogen-bond acceptors (Lipinski definition) is 5. The summed E-state index contributed by atoms with van der Waals surface area (Å²) in [5.41, 5.74) is 2.43. The third-order valence-corrected chi connectivity index (χ3v) is 3.91. The molecule has 1 aliphatic heterocycles. The van der Waals surface area contributed by atoms with Crippen LogP contribution in [0.15, 0.2) is 53.0 Å². The van der Waals surface area contributed by atoms with Gasteiger partial charge < -0.3 is 18.8 Å². The van der Waals surface area contributed by atoms with Gasteiger partial charge in [-0.15, -0.1) is 0 Å². The van der Waals surface area contributed by atoms with Crippen molar-refractivity contribution in [2.45, 2.75) is 6.54 Å². The average molecular weight is 336 g/mol. The summed E-state index contributed by atoms with van der Waals surface area (Å²) in [4.78, 5) is 18.2. The number of carbonyl (C=O) groups is 1. The van der Waals surface area contributed by atoms with Crippen molar-refractivity contribution < 1.29 is 18.7 Å². The number of para-hydroxylation sites is 2. The summed E-state index contributed by atoms with van der Waals surface area (Å²) in [6.07, 6.45) is 3.04. The highest BCUT2D eigenvalue weighted by molar-refractivity contribution is 5.91. The van der Waals surface area contributed by atoms with Crippen molar-refractivity contribution in [3.05, 3.63) is 60.0 Å². The Morgan fingerprint density at radius 3 is 2.92 bits per heavy atom.